The summed E-state index contributed by atoms with van der Waals surface area (Å²) in [5.41, 5.74) is 0.395. The number of hydrogen-bond acceptors (Lipinski definition) is 2. The second kappa shape index (κ2) is 6.92. The van der Waals surface area contributed by atoms with Crippen molar-refractivity contribution in [3.63, 3.8) is 0 Å². The first-order valence-electron chi connectivity index (χ1n) is 6.01. The summed E-state index contributed by atoms with van der Waals surface area (Å²) in [5.74, 6) is 0.309. The molecule has 0 unspecified atom stereocenters. The van der Waals surface area contributed by atoms with Crippen LogP contribution in [-0.4, -0.2) is 18.7 Å². The quantitative estimate of drug-likeness (QED) is 0.862. The molecule has 0 bridgehead atoms. The number of carbonyl (C=O) groups excluding carboxylic acids is 1. The number of rotatable bonds is 5. The monoisotopic (exact) mass is 272 g/mol. The second-order valence-electron chi connectivity index (χ2n) is 4.54. The first kappa shape index (κ1) is 15.2. The van der Waals surface area contributed by atoms with E-state index < -0.39 is 6.61 Å². The van der Waals surface area contributed by atoms with Gasteiger partial charge in [0.05, 0.1) is 0 Å². The Morgan fingerprint density at radius 3 is 2.53 bits per heavy atom. The molecule has 0 saturated carbocycles. The molecule has 0 fully saturated rings. The molecular weight excluding hydrogens is 254 g/mol. The molecule has 0 radical (unpaired) electrons. The van der Waals surface area contributed by atoms with Crippen LogP contribution in [0.25, 0.3) is 0 Å². The molecule has 1 aromatic rings. The minimum absolute atomic E-state index is 0.00436. The SMILES string of the molecule is CC(C)[C@@H](C)NC(=O)Nc1cccc(OC(F)F)c1. The molecule has 4 nitrogen and oxygen atoms in total. The van der Waals surface area contributed by atoms with Crippen molar-refractivity contribution in [2.24, 2.45) is 5.92 Å². The Bertz CT molecular complexity index is 425. The van der Waals surface area contributed by atoms with Crippen LogP contribution in [0.1, 0.15) is 20.8 Å². The van der Waals surface area contributed by atoms with Crippen molar-refractivity contribution in [2.75, 3.05) is 5.32 Å². The molecule has 2 amide bonds. The van der Waals surface area contributed by atoms with Crippen molar-refractivity contribution in [1.29, 1.82) is 0 Å². The Balaban J connectivity index is 2.59. The Morgan fingerprint density at radius 2 is 1.95 bits per heavy atom. The van der Waals surface area contributed by atoms with Gasteiger partial charge in [0.1, 0.15) is 5.75 Å². The zero-order valence-electron chi connectivity index (χ0n) is 11.1. The van der Waals surface area contributed by atoms with E-state index in [9.17, 15) is 13.6 Å². The van der Waals surface area contributed by atoms with Gasteiger partial charge in [-0.3, -0.25) is 0 Å². The molecular formula is C13H18F2N2O2. The van der Waals surface area contributed by atoms with Crippen molar-refractivity contribution >= 4 is 11.7 Å². The Labute approximate surface area is 111 Å². The highest BCUT2D eigenvalue weighted by Gasteiger charge is 2.11. The van der Waals surface area contributed by atoms with E-state index in [2.05, 4.69) is 15.4 Å². The van der Waals surface area contributed by atoms with Gasteiger partial charge in [-0.15, -0.1) is 0 Å². The van der Waals surface area contributed by atoms with Crippen LogP contribution >= 0.6 is 0 Å². The van der Waals surface area contributed by atoms with Crippen molar-refractivity contribution in [3.05, 3.63) is 24.3 Å². The van der Waals surface area contributed by atoms with Gasteiger partial charge >= 0.3 is 12.6 Å². The molecule has 6 heteroatoms. The summed E-state index contributed by atoms with van der Waals surface area (Å²) in [4.78, 5) is 11.6. The molecule has 0 aromatic heterocycles. The van der Waals surface area contributed by atoms with Crippen molar-refractivity contribution in [3.8, 4) is 5.75 Å². The number of urea groups is 1. The third-order valence-electron chi connectivity index (χ3n) is 2.68. The maximum Gasteiger partial charge on any atom is 0.387 e. The molecule has 0 spiro atoms. The molecule has 1 rings (SSSR count). The van der Waals surface area contributed by atoms with Gasteiger partial charge in [0.2, 0.25) is 0 Å². The predicted molar refractivity (Wildman–Crippen MR) is 69.5 cm³/mol. The van der Waals surface area contributed by atoms with Crippen molar-refractivity contribution in [2.45, 2.75) is 33.4 Å². The summed E-state index contributed by atoms with van der Waals surface area (Å²) in [6.45, 7) is 2.98. The van der Waals surface area contributed by atoms with Gasteiger partial charge in [-0.1, -0.05) is 19.9 Å². The highest BCUT2D eigenvalue weighted by molar-refractivity contribution is 5.89. The summed E-state index contributed by atoms with van der Waals surface area (Å²) in [6.07, 6.45) is 0. The average Bonchev–Trinajstić information content (AvgIpc) is 2.27. The number of anilines is 1. The van der Waals surface area contributed by atoms with Gasteiger partial charge < -0.3 is 15.4 Å². The molecule has 0 aliphatic heterocycles. The predicted octanol–water partition coefficient (Wildman–Crippen LogP) is 3.45. The molecule has 19 heavy (non-hydrogen) atoms. The molecule has 0 aliphatic rings. The summed E-state index contributed by atoms with van der Waals surface area (Å²) in [6, 6.07) is 5.49. The lowest BCUT2D eigenvalue weighted by molar-refractivity contribution is -0.0497. The highest BCUT2D eigenvalue weighted by atomic mass is 19.3. The first-order chi connectivity index (χ1) is 8.88. The van der Waals surface area contributed by atoms with Crippen LogP contribution in [0.2, 0.25) is 0 Å². The number of nitrogens with one attached hydrogen (secondary N) is 2. The molecule has 0 heterocycles. The Morgan fingerprint density at radius 1 is 1.26 bits per heavy atom. The van der Waals surface area contributed by atoms with Gasteiger partial charge in [0.15, 0.2) is 0 Å². The molecule has 1 aromatic carbocycles. The number of carbonyl (C=O) groups is 1. The van der Waals surface area contributed by atoms with Gasteiger partial charge in [0.25, 0.3) is 0 Å². The lowest BCUT2D eigenvalue weighted by atomic mass is 10.1. The second-order valence-corrected chi connectivity index (χ2v) is 4.54. The van der Waals surface area contributed by atoms with Gasteiger partial charge in [-0.25, -0.2) is 4.79 Å². The van der Waals surface area contributed by atoms with E-state index in [0.717, 1.165) is 0 Å². The third-order valence-corrected chi connectivity index (χ3v) is 2.68. The third kappa shape index (κ3) is 5.54. The number of halogens is 2. The largest absolute Gasteiger partial charge is 0.435 e. The maximum atomic E-state index is 12.1. The Hall–Kier alpha value is -1.85. The average molecular weight is 272 g/mol. The van der Waals surface area contributed by atoms with Crippen LogP contribution < -0.4 is 15.4 Å². The first-order valence-corrected chi connectivity index (χ1v) is 6.01. The number of amides is 2. The molecule has 0 saturated heterocycles. The van der Waals surface area contributed by atoms with Crippen LogP contribution in [0.4, 0.5) is 19.3 Å². The number of hydrogen-bond donors (Lipinski definition) is 2. The van der Waals surface area contributed by atoms with E-state index in [1.165, 1.54) is 18.2 Å². The number of alkyl halides is 2. The molecule has 106 valence electrons. The normalized spacial score (nSPS) is 12.4. The fraction of sp³-hybridized carbons (Fsp3) is 0.462. The fourth-order valence-corrected chi connectivity index (χ4v) is 1.29. The standard InChI is InChI=1S/C13H18F2N2O2/c1-8(2)9(3)16-13(18)17-10-5-4-6-11(7-10)19-12(14)15/h4-9,12H,1-3H3,(H2,16,17,18)/t9-/m1/s1. The number of benzene rings is 1. The van der Waals surface area contributed by atoms with Crippen LogP contribution in [0.3, 0.4) is 0 Å². The minimum atomic E-state index is -2.88. The van der Waals surface area contributed by atoms with Crippen molar-refractivity contribution in [1.82, 2.24) is 5.32 Å². The molecule has 2 N–H and O–H groups in total. The minimum Gasteiger partial charge on any atom is -0.435 e. The molecule has 1 atom stereocenters. The van der Waals surface area contributed by atoms with Crippen molar-refractivity contribution < 1.29 is 18.3 Å². The van der Waals surface area contributed by atoms with Crippen LogP contribution in [0, 0.1) is 5.92 Å². The zero-order valence-corrected chi connectivity index (χ0v) is 11.1. The highest BCUT2D eigenvalue weighted by Crippen LogP contribution is 2.19. The summed E-state index contributed by atoms with van der Waals surface area (Å²) >= 11 is 0. The van der Waals surface area contributed by atoms with E-state index in [-0.39, 0.29) is 17.8 Å². The lowest BCUT2D eigenvalue weighted by Crippen LogP contribution is -2.38. The smallest absolute Gasteiger partial charge is 0.387 e. The maximum absolute atomic E-state index is 12.1. The van der Waals surface area contributed by atoms with E-state index >= 15 is 0 Å². The summed E-state index contributed by atoms with van der Waals surface area (Å²) in [7, 11) is 0. The zero-order chi connectivity index (χ0) is 14.4. The molecule has 0 aliphatic carbocycles. The fourth-order valence-electron chi connectivity index (χ4n) is 1.29. The van der Waals surface area contributed by atoms with Gasteiger partial charge in [-0.05, 0) is 25.0 Å². The van der Waals surface area contributed by atoms with E-state index in [4.69, 9.17) is 0 Å². The lowest BCUT2D eigenvalue weighted by Gasteiger charge is -2.18. The van der Waals surface area contributed by atoms with Gasteiger partial charge in [0, 0.05) is 17.8 Å². The van der Waals surface area contributed by atoms with E-state index in [0.29, 0.717) is 11.6 Å². The number of ether oxygens (including phenoxy) is 1. The van der Waals surface area contributed by atoms with E-state index in [1.807, 2.05) is 20.8 Å². The van der Waals surface area contributed by atoms with Gasteiger partial charge in [-0.2, -0.15) is 8.78 Å². The van der Waals surface area contributed by atoms with E-state index in [1.54, 1.807) is 6.07 Å². The van der Waals surface area contributed by atoms with Crippen LogP contribution in [0.5, 0.6) is 5.75 Å². The van der Waals surface area contributed by atoms with Crippen LogP contribution in [-0.2, 0) is 0 Å². The summed E-state index contributed by atoms with van der Waals surface area (Å²) < 4.78 is 28.4. The Kier molecular flexibility index (Phi) is 5.54. The van der Waals surface area contributed by atoms with Crippen LogP contribution in [0.15, 0.2) is 24.3 Å². The topological polar surface area (TPSA) is 50.4 Å². The summed E-state index contributed by atoms with van der Waals surface area (Å²) in [5, 5.41) is 5.32.